The van der Waals surface area contributed by atoms with Gasteiger partial charge in [0.05, 0.1) is 18.2 Å². The third kappa shape index (κ3) is 6.61. The highest BCUT2D eigenvalue weighted by Crippen LogP contribution is 2.26. The Morgan fingerprint density at radius 2 is 1.97 bits per heavy atom. The Morgan fingerprint density at radius 3 is 2.62 bits per heavy atom. The molecule has 10 heteroatoms. The number of carbonyl (C=O) groups is 2. The number of benzene rings is 2. The first-order valence-corrected chi connectivity index (χ1v) is 8.47. The van der Waals surface area contributed by atoms with Gasteiger partial charge in [-0.25, -0.2) is 10.2 Å². The number of ether oxygens (including phenoxy) is 2. The summed E-state index contributed by atoms with van der Waals surface area (Å²) < 4.78 is 10.0. The molecule has 0 radical (unpaired) electrons. The predicted molar refractivity (Wildman–Crippen MR) is 105 cm³/mol. The van der Waals surface area contributed by atoms with Gasteiger partial charge in [0.15, 0.2) is 5.75 Å². The maximum atomic E-state index is 11.9. The molecule has 152 valence electrons. The second kappa shape index (κ2) is 10.4. The molecule has 2 aromatic rings. The van der Waals surface area contributed by atoms with Gasteiger partial charge in [-0.05, 0) is 17.7 Å². The van der Waals surface area contributed by atoms with Gasteiger partial charge in [0.1, 0.15) is 13.2 Å². The summed E-state index contributed by atoms with van der Waals surface area (Å²) in [7, 11) is 2.75. The van der Waals surface area contributed by atoms with Gasteiger partial charge in [-0.1, -0.05) is 30.3 Å². The first-order valence-electron chi connectivity index (χ1n) is 8.47. The molecular formula is C19H20N4O6. The minimum absolute atomic E-state index is 0.0973. The number of hydrazone groups is 1. The lowest BCUT2D eigenvalue weighted by atomic mass is 10.2. The summed E-state index contributed by atoms with van der Waals surface area (Å²) in [6, 6.07) is 13.4. The predicted octanol–water partition coefficient (Wildman–Crippen LogP) is 2.32. The van der Waals surface area contributed by atoms with Gasteiger partial charge in [-0.2, -0.15) is 5.10 Å². The molecular weight excluding hydrogens is 380 g/mol. The van der Waals surface area contributed by atoms with Crippen LogP contribution in [0.3, 0.4) is 0 Å². The van der Waals surface area contributed by atoms with Gasteiger partial charge in [0.2, 0.25) is 0 Å². The Kier molecular flexibility index (Phi) is 7.66. The highest BCUT2D eigenvalue weighted by atomic mass is 16.6. The van der Waals surface area contributed by atoms with E-state index in [1.807, 2.05) is 30.3 Å². The fraction of sp³-hybridized carbons (Fsp3) is 0.211. The van der Waals surface area contributed by atoms with Crippen LogP contribution in [0, 0.1) is 10.1 Å². The summed E-state index contributed by atoms with van der Waals surface area (Å²) in [6.07, 6.45) is 0.594. The van der Waals surface area contributed by atoms with Gasteiger partial charge < -0.3 is 14.4 Å². The first-order chi connectivity index (χ1) is 13.9. The molecule has 0 atom stereocenters. The fourth-order valence-corrected chi connectivity index (χ4v) is 2.25. The van der Waals surface area contributed by atoms with Crippen LogP contribution in [0.4, 0.5) is 10.5 Å². The van der Waals surface area contributed by atoms with E-state index in [0.717, 1.165) is 10.5 Å². The SMILES string of the molecule is COc1ccc(C=NNC(=O)CN(C)C(=O)OCc2ccccc2)cc1[N+](=O)[O-]. The smallest absolute Gasteiger partial charge is 0.410 e. The highest BCUT2D eigenvalue weighted by Gasteiger charge is 2.15. The van der Waals surface area contributed by atoms with Crippen molar-refractivity contribution in [2.75, 3.05) is 20.7 Å². The zero-order valence-corrected chi connectivity index (χ0v) is 15.9. The molecule has 2 amide bonds. The Labute approximate surface area is 166 Å². The van der Waals surface area contributed by atoms with E-state index in [4.69, 9.17) is 9.47 Å². The van der Waals surface area contributed by atoms with E-state index >= 15 is 0 Å². The molecule has 0 aliphatic carbocycles. The summed E-state index contributed by atoms with van der Waals surface area (Å²) >= 11 is 0. The molecule has 0 bridgehead atoms. The lowest BCUT2D eigenvalue weighted by Gasteiger charge is -2.15. The molecule has 0 aliphatic rings. The van der Waals surface area contributed by atoms with Gasteiger partial charge in [-0.15, -0.1) is 0 Å². The van der Waals surface area contributed by atoms with Crippen molar-refractivity contribution in [1.29, 1.82) is 0 Å². The number of nitrogens with zero attached hydrogens (tertiary/aromatic N) is 3. The van der Waals surface area contributed by atoms with Crippen molar-refractivity contribution in [2.45, 2.75) is 6.61 Å². The average molecular weight is 400 g/mol. The summed E-state index contributed by atoms with van der Waals surface area (Å²) in [5.41, 5.74) is 3.26. The van der Waals surface area contributed by atoms with Crippen LogP contribution in [0.1, 0.15) is 11.1 Å². The summed E-state index contributed by atoms with van der Waals surface area (Å²) in [5, 5.41) is 14.7. The van der Waals surface area contributed by atoms with Crippen molar-refractivity contribution >= 4 is 23.9 Å². The number of carbonyl (C=O) groups excluding carboxylic acids is 2. The topological polar surface area (TPSA) is 123 Å². The number of nitrogens with one attached hydrogen (secondary N) is 1. The molecule has 0 unspecified atom stereocenters. The van der Waals surface area contributed by atoms with Crippen LogP contribution in [0.15, 0.2) is 53.6 Å². The number of methoxy groups -OCH3 is 1. The zero-order chi connectivity index (χ0) is 21.2. The molecule has 0 fully saturated rings. The minimum atomic E-state index is -0.654. The third-order valence-corrected chi connectivity index (χ3v) is 3.70. The second-order valence-electron chi connectivity index (χ2n) is 5.88. The Bertz CT molecular complexity index is 901. The van der Waals surface area contributed by atoms with E-state index in [0.29, 0.717) is 5.56 Å². The number of likely N-dealkylation sites (N-methyl/N-ethyl adjacent to an activating group) is 1. The molecule has 0 saturated heterocycles. The third-order valence-electron chi connectivity index (χ3n) is 3.70. The van der Waals surface area contributed by atoms with Crippen molar-refractivity contribution in [3.63, 3.8) is 0 Å². The quantitative estimate of drug-likeness (QED) is 0.412. The summed E-state index contributed by atoms with van der Waals surface area (Å²) in [6.45, 7) is -0.173. The maximum Gasteiger partial charge on any atom is 0.410 e. The first kappa shape index (κ1) is 21.4. The zero-order valence-electron chi connectivity index (χ0n) is 15.9. The number of hydrogen-bond donors (Lipinski definition) is 1. The summed E-state index contributed by atoms with van der Waals surface area (Å²) in [5.74, 6) is -0.435. The average Bonchev–Trinajstić information content (AvgIpc) is 2.72. The largest absolute Gasteiger partial charge is 0.490 e. The molecule has 0 heterocycles. The highest BCUT2D eigenvalue weighted by molar-refractivity contribution is 5.85. The molecule has 1 N–H and O–H groups in total. The van der Waals surface area contributed by atoms with Crippen LogP contribution in [0.5, 0.6) is 5.75 Å². The lowest BCUT2D eigenvalue weighted by Crippen LogP contribution is -2.36. The van der Waals surface area contributed by atoms with Gasteiger partial charge >= 0.3 is 11.8 Å². The van der Waals surface area contributed by atoms with Crippen molar-refractivity contribution in [1.82, 2.24) is 10.3 Å². The lowest BCUT2D eigenvalue weighted by molar-refractivity contribution is -0.385. The van der Waals surface area contributed by atoms with E-state index in [2.05, 4.69) is 10.5 Å². The van der Waals surface area contributed by atoms with Gasteiger partial charge in [0.25, 0.3) is 5.91 Å². The molecule has 29 heavy (non-hydrogen) atoms. The van der Waals surface area contributed by atoms with Crippen LogP contribution in [0.2, 0.25) is 0 Å². The minimum Gasteiger partial charge on any atom is -0.490 e. The van der Waals surface area contributed by atoms with Crippen LogP contribution in [-0.4, -0.2) is 48.7 Å². The van der Waals surface area contributed by atoms with Crippen LogP contribution >= 0.6 is 0 Å². The molecule has 0 spiro atoms. The fourth-order valence-electron chi connectivity index (χ4n) is 2.25. The Morgan fingerprint density at radius 1 is 1.24 bits per heavy atom. The molecule has 0 aliphatic heterocycles. The summed E-state index contributed by atoms with van der Waals surface area (Å²) in [4.78, 5) is 35.3. The normalized spacial score (nSPS) is 10.4. The van der Waals surface area contributed by atoms with Gasteiger partial charge in [0, 0.05) is 18.7 Å². The number of nitro benzene ring substituents is 1. The molecule has 0 saturated carbocycles. The molecule has 0 aromatic heterocycles. The van der Waals surface area contributed by atoms with E-state index < -0.39 is 16.9 Å². The second-order valence-corrected chi connectivity index (χ2v) is 5.88. The molecule has 2 rings (SSSR count). The van der Waals surface area contributed by atoms with Gasteiger partial charge in [-0.3, -0.25) is 14.9 Å². The maximum absolute atomic E-state index is 11.9. The van der Waals surface area contributed by atoms with Crippen molar-refractivity contribution in [3.8, 4) is 5.75 Å². The monoisotopic (exact) mass is 400 g/mol. The Balaban J connectivity index is 1.83. The standard InChI is InChI=1S/C19H20N4O6/c1-22(19(25)29-13-14-6-4-3-5-7-14)12-18(24)21-20-11-15-8-9-17(28-2)16(10-15)23(26)27/h3-11H,12-13H2,1-2H3,(H,21,24). The number of rotatable bonds is 8. The van der Waals surface area contributed by atoms with E-state index in [-0.39, 0.29) is 24.6 Å². The van der Waals surface area contributed by atoms with E-state index in [9.17, 15) is 19.7 Å². The number of nitro groups is 1. The van der Waals surface area contributed by atoms with Crippen molar-refractivity contribution in [3.05, 3.63) is 69.8 Å². The van der Waals surface area contributed by atoms with E-state index in [1.165, 1.54) is 32.5 Å². The number of hydrogen-bond acceptors (Lipinski definition) is 7. The Hall–Kier alpha value is -3.95. The van der Waals surface area contributed by atoms with Crippen LogP contribution in [-0.2, 0) is 16.1 Å². The van der Waals surface area contributed by atoms with Crippen molar-refractivity contribution in [2.24, 2.45) is 5.10 Å². The molecule has 2 aromatic carbocycles. The van der Waals surface area contributed by atoms with Crippen molar-refractivity contribution < 1.29 is 24.0 Å². The van der Waals surface area contributed by atoms with Crippen LogP contribution < -0.4 is 10.2 Å². The molecule has 10 nitrogen and oxygen atoms in total. The van der Waals surface area contributed by atoms with Crippen LogP contribution in [0.25, 0.3) is 0 Å². The van der Waals surface area contributed by atoms with E-state index in [1.54, 1.807) is 6.07 Å². The number of amides is 2.